The van der Waals surface area contributed by atoms with Gasteiger partial charge < -0.3 is 9.47 Å². The second kappa shape index (κ2) is 6.22. The zero-order valence-electron chi connectivity index (χ0n) is 11.7. The van der Waals surface area contributed by atoms with Gasteiger partial charge in [-0.3, -0.25) is 4.79 Å². The maximum absolute atomic E-state index is 12.1. The summed E-state index contributed by atoms with van der Waals surface area (Å²) in [6.45, 7) is 3.83. The molecule has 4 nitrogen and oxygen atoms in total. The van der Waals surface area contributed by atoms with Crippen LogP contribution in [0.1, 0.15) is 52.4 Å². The highest BCUT2D eigenvalue weighted by atomic mass is 16.5. The Morgan fingerprint density at radius 2 is 2.00 bits per heavy atom. The van der Waals surface area contributed by atoms with Crippen LogP contribution in [0.15, 0.2) is 11.3 Å². The Bertz CT molecular complexity index is 391. The summed E-state index contributed by atoms with van der Waals surface area (Å²) in [5, 5.41) is 0. The van der Waals surface area contributed by atoms with E-state index in [0.29, 0.717) is 30.3 Å². The lowest BCUT2D eigenvalue weighted by Crippen LogP contribution is -2.32. The molecule has 1 heterocycles. The predicted molar refractivity (Wildman–Crippen MR) is 70.1 cm³/mol. The molecule has 0 aromatic carbocycles. The van der Waals surface area contributed by atoms with E-state index in [1.54, 1.807) is 13.8 Å². The molecule has 0 N–H and O–H groups in total. The molecule has 4 heteroatoms. The van der Waals surface area contributed by atoms with Gasteiger partial charge in [0.05, 0.1) is 18.6 Å². The number of carbonyl (C=O) groups is 2. The summed E-state index contributed by atoms with van der Waals surface area (Å²) >= 11 is 0. The Morgan fingerprint density at radius 1 is 1.32 bits per heavy atom. The molecule has 0 amide bonds. The normalized spacial score (nSPS) is 25.2. The quantitative estimate of drug-likeness (QED) is 0.737. The number of rotatable bonds is 3. The third kappa shape index (κ3) is 3.17. The third-order valence-corrected chi connectivity index (χ3v) is 4.12. The van der Waals surface area contributed by atoms with Gasteiger partial charge in [-0.2, -0.15) is 0 Å². The molecule has 0 radical (unpaired) electrons. The standard InChI is InChI=1S/C15H22O4/c1-3-18-15(17)14-10(2)19-13(16)9-12(14)11-7-5-4-6-8-11/h11-12H,3-9H2,1-2H3. The highest BCUT2D eigenvalue weighted by Crippen LogP contribution is 2.39. The number of allylic oxidation sites excluding steroid dienone is 1. The molecule has 1 atom stereocenters. The average molecular weight is 266 g/mol. The molecule has 1 aliphatic heterocycles. The van der Waals surface area contributed by atoms with Gasteiger partial charge in [-0.25, -0.2) is 4.79 Å². The van der Waals surface area contributed by atoms with E-state index in [2.05, 4.69) is 0 Å². The molecule has 2 aliphatic rings. The van der Waals surface area contributed by atoms with E-state index in [9.17, 15) is 9.59 Å². The summed E-state index contributed by atoms with van der Waals surface area (Å²) in [6, 6.07) is 0. The van der Waals surface area contributed by atoms with Crippen molar-refractivity contribution >= 4 is 11.9 Å². The first-order valence-electron chi connectivity index (χ1n) is 7.22. The lowest BCUT2D eigenvalue weighted by Gasteiger charge is -2.33. The Hall–Kier alpha value is -1.32. The van der Waals surface area contributed by atoms with Crippen molar-refractivity contribution in [1.82, 2.24) is 0 Å². The average Bonchev–Trinajstić information content (AvgIpc) is 2.39. The van der Waals surface area contributed by atoms with Crippen LogP contribution >= 0.6 is 0 Å². The maximum atomic E-state index is 12.1. The highest BCUT2D eigenvalue weighted by Gasteiger charge is 2.38. The minimum absolute atomic E-state index is 0.0133. The monoisotopic (exact) mass is 266 g/mol. The lowest BCUT2D eigenvalue weighted by atomic mass is 9.74. The van der Waals surface area contributed by atoms with Crippen LogP contribution in [0.3, 0.4) is 0 Å². The summed E-state index contributed by atoms with van der Waals surface area (Å²) in [5.74, 6) is 0.297. The second-order valence-electron chi connectivity index (χ2n) is 5.37. The molecule has 1 aliphatic carbocycles. The fraction of sp³-hybridized carbons (Fsp3) is 0.733. The molecule has 19 heavy (non-hydrogen) atoms. The fourth-order valence-corrected chi connectivity index (χ4v) is 3.25. The van der Waals surface area contributed by atoms with E-state index in [1.807, 2.05) is 0 Å². The van der Waals surface area contributed by atoms with E-state index in [-0.39, 0.29) is 17.9 Å². The van der Waals surface area contributed by atoms with Crippen molar-refractivity contribution in [2.45, 2.75) is 52.4 Å². The molecule has 0 bridgehead atoms. The third-order valence-electron chi connectivity index (χ3n) is 4.12. The molecule has 0 spiro atoms. The minimum atomic E-state index is -0.317. The van der Waals surface area contributed by atoms with E-state index >= 15 is 0 Å². The van der Waals surface area contributed by atoms with Gasteiger partial charge in [0.1, 0.15) is 5.76 Å². The van der Waals surface area contributed by atoms with Gasteiger partial charge in [0.15, 0.2) is 0 Å². The molecule has 0 aromatic rings. The molecule has 1 unspecified atom stereocenters. The zero-order valence-corrected chi connectivity index (χ0v) is 11.7. The van der Waals surface area contributed by atoms with E-state index in [4.69, 9.17) is 9.47 Å². The molecule has 0 saturated heterocycles. The van der Waals surface area contributed by atoms with Crippen molar-refractivity contribution < 1.29 is 19.1 Å². The van der Waals surface area contributed by atoms with E-state index in [1.165, 1.54) is 19.3 Å². The first-order valence-corrected chi connectivity index (χ1v) is 7.22. The van der Waals surface area contributed by atoms with Crippen molar-refractivity contribution in [3.05, 3.63) is 11.3 Å². The van der Waals surface area contributed by atoms with Crippen LogP contribution in [0.25, 0.3) is 0 Å². The molecular weight excluding hydrogens is 244 g/mol. The van der Waals surface area contributed by atoms with Crippen molar-refractivity contribution in [3.8, 4) is 0 Å². The number of carbonyl (C=O) groups excluding carboxylic acids is 2. The number of hydrogen-bond acceptors (Lipinski definition) is 4. The van der Waals surface area contributed by atoms with Gasteiger partial charge in [0.25, 0.3) is 0 Å². The van der Waals surface area contributed by atoms with Crippen LogP contribution in [0.4, 0.5) is 0 Å². The largest absolute Gasteiger partial charge is 0.463 e. The zero-order chi connectivity index (χ0) is 13.8. The summed E-state index contributed by atoms with van der Waals surface area (Å²) in [5.41, 5.74) is 0.591. The Morgan fingerprint density at radius 3 is 2.63 bits per heavy atom. The predicted octanol–water partition coefficient (Wildman–Crippen LogP) is 2.97. The maximum Gasteiger partial charge on any atom is 0.337 e. The first kappa shape index (κ1) is 14.1. The van der Waals surface area contributed by atoms with Gasteiger partial charge in [-0.05, 0) is 32.6 Å². The molecule has 1 fully saturated rings. The van der Waals surface area contributed by atoms with Crippen molar-refractivity contribution in [2.24, 2.45) is 11.8 Å². The molecule has 1 saturated carbocycles. The Kier molecular flexibility index (Phi) is 4.61. The SMILES string of the molecule is CCOC(=O)C1=C(C)OC(=O)CC1C1CCCCC1. The Labute approximate surface area is 114 Å². The van der Waals surface area contributed by atoms with E-state index < -0.39 is 0 Å². The van der Waals surface area contributed by atoms with Crippen LogP contribution in [0.2, 0.25) is 0 Å². The van der Waals surface area contributed by atoms with E-state index in [0.717, 1.165) is 12.8 Å². The van der Waals surface area contributed by atoms with Crippen LogP contribution in [0, 0.1) is 11.8 Å². The van der Waals surface area contributed by atoms with Crippen molar-refractivity contribution in [1.29, 1.82) is 0 Å². The number of esters is 2. The van der Waals surface area contributed by atoms with Gasteiger partial charge in [0, 0.05) is 5.92 Å². The van der Waals surface area contributed by atoms with Gasteiger partial charge in [-0.15, -0.1) is 0 Å². The van der Waals surface area contributed by atoms with Crippen LogP contribution in [-0.4, -0.2) is 18.5 Å². The summed E-state index contributed by atoms with van der Waals surface area (Å²) in [7, 11) is 0. The first-order chi connectivity index (χ1) is 9.13. The molecule has 2 rings (SSSR count). The number of cyclic esters (lactones) is 1. The second-order valence-corrected chi connectivity index (χ2v) is 5.37. The van der Waals surface area contributed by atoms with Gasteiger partial charge in [0.2, 0.25) is 0 Å². The van der Waals surface area contributed by atoms with Crippen LogP contribution in [-0.2, 0) is 19.1 Å². The van der Waals surface area contributed by atoms with Crippen molar-refractivity contribution in [3.63, 3.8) is 0 Å². The summed E-state index contributed by atoms with van der Waals surface area (Å²) < 4.78 is 10.2. The van der Waals surface area contributed by atoms with Crippen molar-refractivity contribution in [2.75, 3.05) is 6.61 Å². The minimum Gasteiger partial charge on any atom is -0.463 e. The number of hydrogen-bond donors (Lipinski definition) is 0. The van der Waals surface area contributed by atoms with Crippen LogP contribution < -0.4 is 0 Å². The summed E-state index contributed by atoms with van der Waals surface area (Å²) in [6.07, 6.45) is 6.13. The molecule has 0 aromatic heterocycles. The Balaban J connectivity index is 2.23. The fourth-order valence-electron chi connectivity index (χ4n) is 3.25. The molecule has 106 valence electrons. The smallest absolute Gasteiger partial charge is 0.337 e. The van der Waals surface area contributed by atoms with Gasteiger partial charge in [-0.1, -0.05) is 19.3 Å². The topological polar surface area (TPSA) is 52.6 Å². The number of ether oxygens (including phenoxy) is 2. The summed E-state index contributed by atoms with van der Waals surface area (Å²) in [4.78, 5) is 23.7. The van der Waals surface area contributed by atoms with Gasteiger partial charge >= 0.3 is 11.9 Å². The van der Waals surface area contributed by atoms with Crippen LogP contribution in [0.5, 0.6) is 0 Å². The molecular formula is C15H22O4. The lowest BCUT2D eigenvalue weighted by molar-refractivity contribution is -0.146. The highest BCUT2D eigenvalue weighted by molar-refractivity contribution is 5.92.